The molecule has 0 heterocycles. The Bertz CT molecular complexity index is 377. The van der Waals surface area contributed by atoms with Gasteiger partial charge >= 0.3 is 0 Å². The molecule has 0 rings (SSSR count). The summed E-state index contributed by atoms with van der Waals surface area (Å²) in [4.78, 5) is 13.0. The predicted octanol–water partition coefficient (Wildman–Crippen LogP) is -0.995. The highest BCUT2D eigenvalue weighted by Crippen LogP contribution is 2.01. The van der Waals surface area contributed by atoms with Gasteiger partial charge in [0.15, 0.2) is 1.12 Å². The molecule has 8 heteroatoms. The number of hydrogen-bond donors (Lipinski definition) is 4. The highest BCUT2D eigenvalue weighted by molar-refractivity contribution is 7.70. The number of amides is 1. The SMILES string of the molecule is [3H]S(=O)(=O)NN(CCC)CC(O)C(CC)NC(C)=O. The average molecular weight is 283 g/mol. The normalized spacial score (nSPS) is 16.2. The lowest BCUT2D eigenvalue weighted by atomic mass is 10.1. The van der Waals surface area contributed by atoms with Crippen LogP contribution in [0.2, 0.25) is 0 Å². The summed E-state index contributed by atoms with van der Waals surface area (Å²) in [5.74, 6) is -0.256. The fourth-order valence-corrected chi connectivity index (χ4v) is 2.01. The quantitative estimate of drug-likeness (QED) is 0.321. The summed E-state index contributed by atoms with van der Waals surface area (Å²) in [5, 5.41) is 13.9. The van der Waals surface area contributed by atoms with Crippen LogP contribution in [0.15, 0.2) is 0 Å². The van der Waals surface area contributed by atoms with Crippen molar-refractivity contribution in [2.75, 3.05) is 13.1 Å². The standard InChI is InChI=1S/C10H23N3O4S/c1-4-6-13(12-18(16)17)7-10(15)9(5-2)11-8(3)14/h9-10,15,18H,4-7H2,1-3H3,(H,11,14)(H,12,16,17)/i18T. The van der Waals surface area contributed by atoms with Crippen molar-refractivity contribution >= 4 is 16.7 Å². The van der Waals surface area contributed by atoms with Gasteiger partial charge in [0.2, 0.25) is 16.7 Å². The zero-order chi connectivity index (χ0) is 15.1. The third-order valence-corrected chi connectivity index (χ3v) is 2.80. The minimum atomic E-state index is -4.12. The molecule has 0 bridgehead atoms. The lowest BCUT2D eigenvalue weighted by Crippen LogP contribution is -2.50. The number of hydrogen-bond acceptors (Lipinski definition) is 5. The molecule has 18 heavy (non-hydrogen) atoms. The van der Waals surface area contributed by atoms with Crippen molar-refractivity contribution in [3.05, 3.63) is 0 Å². The molecule has 0 aliphatic carbocycles. The molecule has 0 aromatic heterocycles. The van der Waals surface area contributed by atoms with Crippen LogP contribution in [-0.4, -0.2) is 50.8 Å². The van der Waals surface area contributed by atoms with E-state index in [0.717, 1.165) is 0 Å². The lowest BCUT2D eigenvalue weighted by molar-refractivity contribution is -0.120. The molecule has 0 saturated carbocycles. The van der Waals surface area contributed by atoms with E-state index in [0.29, 0.717) is 19.4 Å². The van der Waals surface area contributed by atoms with E-state index < -0.39 is 22.9 Å². The highest BCUT2D eigenvalue weighted by atomic mass is 32.2. The maximum absolute atomic E-state index is 11.0. The monoisotopic (exact) mass is 283 g/mol. The summed E-state index contributed by atoms with van der Waals surface area (Å²) in [5.41, 5.74) is 0. The van der Waals surface area contributed by atoms with Crippen LogP contribution in [-0.2, 0) is 15.6 Å². The Morgan fingerprint density at radius 1 is 1.50 bits per heavy atom. The van der Waals surface area contributed by atoms with Gasteiger partial charge in [-0.2, -0.15) is 4.83 Å². The van der Waals surface area contributed by atoms with Crippen LogP contribution in [0.1, 0.15) is 33.6 Å². The van der Waals surface area contributed by atoms with Gasteiger partial charge in [0.05, 0.1) is 12.1 Å². The Labute approximate surface area is 111 Å². The van der Waals surface area contributed by atoms with E-state index in [2.05, 4.69) is 5.32 Å². The second-order valence-electron chi connectivity index (χ2n) is 4.05. The molecule has 108 valence electrons. The zero-order valence-electron chi connectivity index (χ0n) is 12.0. The second kappa shape index (κ2) is 9.26. The zero-order valence-corrected chi connectivity index (χ0v) is 11.8. The first-order valence-electron chi connectivity index (χ1n) is 6.37. The average Bonchev–Trinajstić information content (AvgIpc) is 2.23. The Hall–Kier alpha value is -0.700. The second-order valence-corrected chi connectivity index (χ2v) is 4.71. The van der Waals surface area contributed by atoms with Crippen molar-refractivity contribution < 1.29 is 18.3 Å². The number of aliphatic hydroxyl groups is 1. The number of nitrogens with zero attached hydrogens (tertiary/aromatic N) is 1. The van der Waals surface area contributed by atoms with Gasteiger partial charge in [-0.25, -0.2) is 13.4 Å². The van der Waals surface area contributed by atoms with E-state index in [9.17, 15) is 18.3 Å². The van der Waals surface area contributed by atoms with Gasteiger partial charge in [-0.1, -0.05) is 13.8 Å². The molecule has 0 radical (unpaired) electrons. The van der Waals surface area contributed by atoms with Gasteiger partial charge in [0.25, 0.3) is 0 Å². The first-order valence-corrected chi connectivity index (χ1v) is 7.03. The van der Waals surface area contributed by atoms with E-state index in [1.807, 2.05) is 18.7 Å². The molecule has 0 saturated heterocycles. The number of carbonyl (C=O) groups excluding carboxylic acids is 1. The summed E-state index contributed by atoms with van der Waals surface area (Å²) < 4.78 is 28.6. The van der Waals surface area contributed by atoms with Crippen LogP contribution < -0.4 is 10.1 Å². The summed E-state index contributed by atoms with van der Waals surface area (Å²) >= 11 is 0. The van der Waals surface area contributed by atoms with Crippen LogP contribution in [0.25, 0.3) is 0 Å². The van der Waals surface area contributed by atoms with Gasteiger partial charge in [0.1, 0.15) is 0 Å². The molecular weight excluding hydrogens is 258 g/mol. The van der Waals surface area contributed by atoms with Crippen molar-refractivity contribution in [1.29, 1.82) is 1.12 Å². The fourth-order valence-electron chi connectivity index (χ4n) is 1.63. The van der Waals surface area contributed by atoms with Crippen molar-refractivity contribution in [3.8, 4) is 0 Å². The molecule has 0 aliphatic heterocycles. The van der Waals surface area contributed by atoms with E-state index in [4.69, 9.17) is 1.12 Å². The fraction of sp³-hybridized carbons (Fsp3) is 0.900. The van der Waals surface area contributed by atoms with Crippen molar-refractivity contribution in [1.82, 2.24) is 15.2 Å². The minimum Gasteiger partial charge on any atom is -0.390 e. The van der Waals surface area contributed by atoms with Gasteiger partial charge in [-0.3, -0.25) is 4.79 Å². The smallest absolute Gasteiger partial charge is 0.217 e. The van der Waals surface area contributed by atoms with E-state index in [1.54, 1.807) is 0 Å². The molecule has 0 spiro atoms. The van der Waals surface area contributed by atoms with Gasteiger partial charge in [0, 0.05) is 20.0 Å². The number of thiol groups is 1. The topological polar surface area (TPSA) is 98.7 Å². The molecule has 0 aromatic carbocycles. The maximum Gasteiger partial charge on any atom is 0.217 e. The summed E-state index contributed by atoms with van der Waals surface area (Å²) in [6.45, 7) is 5.38. The Morgan fingerprint density at radius 3 is 2.50 bits per heavy atom. The molecular formula is C10H23N3O4S. The molecule has 2 unspecified atom stereocenters. The Kier molecular flexibility index (Phi) is 7.90. The first-order chi connectivity index (χ1) is 8.69. The van der Waals surface area contributed by atoms with Gasteiger partial charge in [-0.15, -0.1) is 0 Å². The van der Waals surface area contributed by atoms with Crippen LogP contribution in [0.5, 0.6) is 0 Å². The number of rotatable bonds is 9. The first kappa shape index (κ1) is 15.4. The summed E-state index contributed by atoms with van der Waals surface area (Å²) in [7, 11) is -4.12. The summed E-state index contributed by atoms with van der Waals surface area (Å²) in [6, 6.07) is -0.452. The molecule has 7 nitrogen and oxygen atoms in total. The lowest BCUT2D eigenvalue weighted by Gasteiger charge is -2.27. The van der Waals surface area contributed by atoms with Crippen LogP contribution in [0, 0.1) is 0 Å². The van der Waals surface area contributed by atoms with E-state index in [1.165, 1.54) is 11.9 Å². The van der Waals surface area contributed by atoms with Crippen molar-refractivity contribution in [2.45, 2.75) is 45.8 Å². The van der Waals surface area contributed by atoms with E-state index >= 15 is 0 Å². The van der Waals surface area contributed by atoms with Crippen molar-refractivity contribution in [2.24, 2.45) is 0 Å². The largest absolute Gasteiger partial charge is 0.390 e. The summed E-state index contributed by atoms with van der Waals surface area (Å²) in [6.07, 6.45) is 0.259. The molecule has 0 fully saturated rings. The predicted molar refractivity (Wildman–Crippen MR) is 69.2 cm³/mol. The van der Waals surface area contributed by atoms with Crippen LogP contribution in [0.3, 0.4) is 0 Å². The maximum atomic E-state index is 11.0. The van der Waals surface area contributed by atoms with E-state index in [-0.39, 0.29) is 12.5 Å². The Balaban J connectivity index is 4.59. The van der Waals surface area contributed by atoms with Gasteiger partial charge in [-0.05, 0) is 12.8 Å². The Morgan fingerprint density at radius 2 is 2.11 bits per heavy atom. The number of nitrogens with one attached hydrogen (secondary N) is 2. The molecule has 0 aliphatic rings. The van der Waals surface area contributed by atoms with Gasteiger partial charge < -0.3 is 10.4 Å². The number of hydrazine groups is 1. The number of carbonyl (C=O) groups is 1. The minimum absolute atomic E-state index is 0.00470. The molecule has 0 aromatic rings. The number of aliphatic hydroxyl groups excluding tert-OH is 1. The van der Waals surface area contributed by atoms with Crippen molar-refractivity contribution in [3.63, 3.8) is 0 Å². The molecule has 1 amide bonds. The third-order valence-electron chi connectivity index (χ3n) is 2.40. The highest BCUT2D eigenvalue weighted by Gasteiger charge is 2.21. The third kappa shape index (κ3) is 7.59. The van der Waals surface area contributed by atoms with Crippen LogP contribution in [0.4, 0.5) is 0 Å². The molecule has 2 atom stereocenters. The van der Waals surface area contributed by atoms with Crippen LogP contribution >= 0.6 is 0 Å². The molecule has 3 N–H and O–H groups in total.